The van der Waals surface area contributed by atoms with Crippen LogP contribution in [0, 0.1) is 11.6 Å². The minimum atomic E-state index is -0.905. The summed E-state index contributed by atoms with van der Waals surface area (Å²) in [5.74, 6) is -1.95. The molecule has 0 bridgehead atoms. The van der Waals surface area contributed by atoms with Gasteiger partial charge in [0.25, 0.3) is 0 Å². The Labute approximate surface area is 101 Å². The van der Waals surface area contributed by atoms with Crippen LogP contribution in [0.25, 0.3) is 0 Å². The predicted molar refractivity (Wildman–Crippen MR) is 61.2 cm³/mol. The van der Waals surface area contributed by atoms with Crippen LogP contribution in [0.3, 0.4) is 0 Å². The van der Waals surface area contributed by atoms with Crippen molar-refractivity contribution in [3.05, 3.63) is 35.4 Å². The van der Waals surface area contributed by atoms with E-state index in [1.54, 1.807) is 0 Å². The van der Waals surface area contributed by atoms with Crippen LogP contribution < -0.4 is 5.32 Å². The molecule has 0 heterocycles. The largest absolute Gasteiger partial charge is 0.351 e. The summed E-state index contributed by atoms with van der Waals surface area (Å²) in [5, 5.41) is 2.62. The minimum absolute atomic E-state index is 0.160. The van der Waals surface area contributed by atoms with Gasteiger partial charge in [0.05, 0.1) is 4.83 Å². The van der Waals surface area contributed by atoms with Crippen molar-refractivity contribution in [3.8, 4) is 0 Å². The lowest BCUT2D eigenvalue weighted by Crippen LogP contribution is -2.30. The van der Waals surface area contributed by atoms with Crippen LogP contribution in [0.4, 0.5) is 8.78 Å². The standard InChI is InChI=1S/C11H12BrF2NO/c1-2-8(12)11(16)15-6-7-3-4-9(13)10(14)5-7/h3-5,8H,2,6H2,1H3,(H,15,16). The van der Waals surface area contributed by atoms with Crippen molar-refractivity contribution >= 4 is 21.8 Å². The molecule has 0 aliphatic rings. The van der Waals surface area contributed by atoms with Crippen molar-refractivity contribution < 1.29 is 13.6 Å². The molecule has 0 fully saturated rings. The van der Waals surface area contributed by atoms with Gasteiger partial charge in [-0.1, -0.05) is 28.9 Å². The average Bonchev–Trinajstić information content (AvgIpc) is 2.29. The number of carbonyl (C=O) groups excluding carboxylic acids is 1. The molecule has 1 unspecified atom stereocenters. The van der Waals surface area contributed by atoms with Gasteiger partial charge in [-0.2, -0.15) is 0 Å². The molecule has 0 saturated heterocycles. The van der Waals surface area contributed by atoms with Crippen molar-refractivity contribution in [3.63, 3.8) is 0 Å². The highest BCUT2D eigenvalue weighted by Crippen LogP contribution is 2.09. The molecule has 0 aliphatic carbocycles. The Morgan fingerprint density at radius 2 is 2.12 bits per heavy atom. The summed E-state index contributed by atoms with van der Waals surface area (Å²) < 4.78 is 25.4. The summed E-state index contributed by atoms with van der Waals surface area (Å²) in [6.07, 6.45) is 0.670. The highest BCUT2D eigenvalue weighted by Gasteiger charge is 2.11. The van der Waals surface area contributed by atoms with E-state index >= 15 is 0 Å². The molecule has 1 atom stereocenters. The van der Waals surface area contributed by atoms with E-state index in [-0.39, 0.29) is 17.3 Å². The SMILES string of the molecule is CCC(Br)C(=O)NCc1ccc(F)c(F)c1. The molecule has 16 heavy (non-hydrogen) atoms. The lowest BCUT2D eigenvalue weighted by atomic mass is 10.2. The van der Waals surface area contributed by atoms with E-state index in [9.17, 15) is 13.6 Å². The van der Waals surface area contributed by atoms with Crippen LogP contribution in [-0.4, -0.2) is 10.7 Å². The molecule has 1 aromatic carbocycles. The van der Waals surface area contributed by atoms with E-state index < -0.39 is 11.6 Å². The number of rotatable bonds is 4. The molecular weight excluding hydrogens is 280 g/mol. The number of hydrogen-bond donors (Lipinski definition) is 1. The molecule has 0 aliphatic heterocycles. The molecule has 1 aromatic rings. The molecule has 0 aromatic heterocycles. The van der Waals surface area contributed by atoms with E-state index in [0.717, 1.165) is 12.1 Å². The van der Waals surface area contributed by atoms with Gasteiger partial charge in [-0.3, -0.25) is 4.79 Å². The molecule has 2 nitrogen and oxygen atoms in total. The first-order valence-corrected chi connectivity index (χ1v) is 5.82. The van der Waals surface area contributed by atoms with Gasteiger partial charge < -0.3 is 5.32 Å². The molecular formula is C11H12BrF2NO. The zero-order chi connectivity index (χ0) is 12.1. The second kappa shape index (κ2) is 5.94. The molecule has 1 amide bonds. The molecule has 5 heteroatoms. The lowest BCUT2D eigenvalue weighted by Gasteiger charge is -2.08. The van der Waals surface area contributed by atoms with Gasteiger partial charge in [-0.25, -0.2) is 8.78 Å². The van der Waals surface area contributed by atoms with Gasteiger partial charge in [0.2, 0.25) is 5.91 Å². The number of nitrogens with one attached hydrogen (secondary N) is 1. The highest BCUT2D eigenvalue weighted by molar-refractivity contribution is 9.10. The van der Waals surface area contributed by atoms with E-state index in [4.69, 9.17) is 0 Å². The Bertz CT molecular complexity index is 384. The number of benzene rings is 1. The van der Waals surface area contributed by atoms with Gasteiger partial charge >= 0.3 is 0 Å². The van der Waals surface area contributed by atoms with E-state index in [2.05, 4.69) is 21.2 Å². The smallest absolute Gasteiger partial charge is 0.234 e. The molecule has 0 spiro atoms. The average molecular weight is 292 g/mol. The van der Waals surface area contributed by atoms with Gasteiger partial charge in [0.15, 0.2) is 11.6 Å². The number of carbonyl (C=O) groups is 1. The lowest BCUT2D eigenvalue weighted by molar-refractivity contribution is -0.120. The van der Waals surface area contributed by atoms with Crippen LogP contribution in [0.5, 0.6) is 0 Å². The maximum absolute atomic E-state index is 12.8. The van der Waals surface area contributed by atoms with Crippen molar-refractivity contribution in [2.24, 2.45) is 0 Å². The normalized spacial score (nSPS) is 12.2. The summed E-state index contributed by atoms with van der Waals surface area (Å²) in [6.45, 7) is 2.06. The van der Waals surface area contributed by atoms with Crippen molar-refractivity contribution in [2.45, 2.75) is 24.7 Å². The van der Waals surface area contributed by atoms with Crippen LogP contribution in [0.15, 0.2) is 18.2 Å². The van der Waals surface area contributed by atoms with Crippen molar-refractivity contribution in [1.29, 1.82) is 0 Å². The zero-order valence-corrected chi connectivity index (χ0v) is 10.4. The summed E-state index contributed by atoms with van der Waals surface area (Å²) in [4.78, 5) is 11.1. The summed E-state index contributed by atoms with van der Waals surface area (Å²) in [6, 6.07) is 3.56. The number of alkyl halides is 1. The number of halogens is 3. The Morgan fingerprint density at radius 3 is 2.69 bits per heavy atom. The van der Waals surface area contributed by atoms with Gasteiger partial charge in [0.1, 0.15) is 0 Å². The molecule has 1 N–H and O–H groups in total. The molecule has 88 valence electrons. The van der Waals surface area contributed by atoms with E-state index in [0.29, 0.717) is 12.0 Å². The maximum atomic E-state index is 12.8. The minimum Gasteiger partial charge on any atom is -0.351 e. The Hall–Kier alpha value is -0.970. The third-order valence-corrected chi connectivity index (χ3v) is 3.16. The second-order valence-electron chi connectivity index (χ2n) is 3.34. The Morgan fingerprint density at radius 1 is 1.44 bits per heavy atom. The van der Waals surface area contributed by atoms with Crippen LogP contribution >= 0.6 is 15.9 Å². The summed E-state index contributed by atoms with van der Waals surface area (Å²) in [5.41, 5.74) is 0.531. The zero-order valence-electron chi connectivity index (χ0n) is 8.77. The molecule has 0 radical (unpaired) electrons. The monoisotopic (exact) mass is 291 g/mol. The van der Waals surface area contributed by atoms with E-state index in [1.165, 1.54) is 6.07 Å². The van der Waals surface area contributed by atoms with Crippen LogP contribution in [0.2, 0.25) is 0 Å². The summed E-state index contributed by atoms with van der Waals surface area (Å²) in [7, 11) is 0. The fourth-order valence-electron chi connectivity index (χ4n) is 1.13. The maximum Gasteiger partial charge on any atom is 0.234 e. The fraction of sp³-hybridized carbons (Fsp3) is 0.364. The van der Waals surface area contributed by atoms with Gasteiger partial charge in [-0.05, 0) is 24.1 Å². The van der Waals surface area contributed by atoms with Crippen LogP contribution in [-0.2, 0) is 11.3 Å². The van der Waals surface area contributed by atoms with Crippen molar-refractivity contribution in [1.82, 2.24) is 5.32 Å². The Balaban J connectivity index is 2.55. The second-order valence-corrected chi connectivity index (χ2v) is 4.45. The third-order valence-electron chi connectivity index (χ3n) is 2.09. The first-order valence-electron chi connectivity index (χ1n) is 4.90. The van der Waals surface area contributed by atoms with Gasteiger partial charge in [0, 0.05) is 6.54 Å². The van der Waals surface area contributed by atoms with Crippen LogP contribution in [0.1, 0.15) is 18.9 Å². The topological polar surface area (TPSA) is 29.1 Å². The first-order chi connectivity index (χ1) is 7.54. The van der Waals surface area contributed by atoms with Crippen molar-refractivity contribution in [2.75, 3.05) is 0 Å². The van der Waals surface area contributed by atoms with E-state index in [1.807, 2.05) is 6.92 Å². The number of hydrogen-bond acceptors (Lipinski definition) is 1. The fourth-order valence-corrected chi connectivity index (χ4v) is 1.30. The summed E-state index contributed by atoms with van der Waals surface area (Å²) >= 11 is 3.20. The first kappa shape index (κ1) is 13.1. The Kier molecular flexibility index (Phi) is 4.86. The predicted octanol–water partition coefficient (Wildman–Crippen LogP) is 2.75. The number of amides is 1. The molecule has 1 rings (SSSR count). The quantitative estimate of drug-likeness (QED) is 0.849. The molecule has 0 saturated carbocycles. The third kappa shape index (κ3) is 3.56. The highest BCUT2D eigenvalue weighted by atomic mass is 79.9. The van der Waals surface area contributed by atoms with Gasteiger partial charge in [-0.15, -0.1) is 0 Å².